The van der Waals surface area contributed by atoms with E-state index in [0.29, 0.717) is 0 Å². The van der Waals surface area contributed by atoms with Crippen molar-refractivity contribution in [3.63, 3.8) is 0 Å². The first-order valence-corrected chi connectivity index (χ1v) is 8.31. The van der Waals surface area contributed by atoms with Gasteiger partial charge in [-0.05, 0) is 18.2 Å². The standard InChI is InChI=1S/C15H12Cl2F3NO7/c16-9-5-8-6-10(13(15(18,19)20)28-12(8)11(17)7-9)14(22)26-3-1-25-2-4-27-21(23)24/h5-7,13H,1-4H2. The van der Waals surface area contributed by atoms with Crippen molar-refractivity contribution in [1.82, 2.24) is 0 Å². The number of hydrogen-bond acceptors (Lipinski definition) is 7. The molecule has 0 saturated carbocycles. The Kier molecular flexibility index (Phi) is 7.33. The van der Waals surface area contributed by atoms with Gasteiger partial charge in [0.05, 0.1) is 23.8 Å². The van der Waals surface area contributed by atoms with Gasteiger partial charge in [-0.3, -0.25) is 0 Å². The van der Waals surface area contributed by atoms with Crippen LogP contribution in [0.25, 0.3) is 6.08 Å². The third-order valence-electron chi connectivity index (χ3n) is 3.28. The van der Waals surface area contributed by atoms with Crippen LogP contribution >= 0.6 is 23.2 Å². The summed E-state index contributed by atoms with van der Waals surface area (Å²) in [6, 6.07) is 2.51. The van der Waals surface area contributed by atoms with Crippen molar-refractivity contribution in [2.75, 3.05) is 26.4 Å². The van der Waals surface area contributed by atoms with E-state index in [9.17, 15) is 28.1 Å². The molecule has 1 unspecified atom stereocenters. The van der Waals surface area contributed by atoms with Gasteiger partial charge in [-0.2, -0.15) is 13.2 Å². The third-order valence-corrected chi connectivity index (χ3v) is 3.78. The Hall–Kier alpha value is -2.24. The smallest absolute Gasteiger partial charge is 0.430 e. The molecular weight excluding hydrogens is 434 g/mol. The lowest BCUT2D eigenvalue weighted by atomic mass is 10.0. The molecule has 28 heavy (non-hydrogen) atoms. The summed E-state index contributed by atoms with van der Waals surface area (Å²) < 4.78 is 54.5. The fourth-order valence-corrected chi connectivity index (χ4v) is 2.75. The third kappa shape index (κ3) is 5.88. The average molecular weight is 446 g/mol. The summed E-state index contributed by atoms with van der Waals surface area (Å²) in [5.41, 5.74) is -0.687. The van der Waals surface area contributed by atoms with Gasteiger partial charge >= 0.3 is 12.1 Å². The van der Waals surface area contributed by atoms with Crippen LogP contribution < -0.4 is 4.74 Å². The van der Waals surface area contributed by atoms with E-state index in [1.165, 1.54) is 12.1 Å². The lowest BCUT2D eigenvalue weighted by Gasteiger charge is -2.28. The Morgan fingerprint density at radius 2 is 1.89 bits per heavy atom. The van der Waals surface area contributed by atoms with Crippen molar-refractivity contribution in [1.29, 1.82) is 0 Å². The molecule has 0 spiro atoms. The largest absolute Gasteiger partial charge is 0.474 e. The molecule has 8 nitrogen and oxygen atoms in total. The Labute approximate surface area is 165 Å². The maximum Gasteiger partial charge on any atom is 0.430 e. The molecule has 2 rings (SSSR count). The zero-order valence-electron chi connectivity index (χ0n) is 13.8. The van der Waals surface area contributed by atoms with E-state index in [-0.39, 0.29) is 47.8 Å². The summed E-state index contributed by atoms with van der Waals surface area (Å²) in [7, 11) is 0. The van der Waals surface area contributed by atoms with Crippen LogP contribution in [0.2, 0.25) is 10.0 Å². The number of fused-ring (bicyclic) bond motifs is 1. The number of benzene rings is 1. The van der Waals surface area contributed by atoms with Gasteiger partial charge in [0, 0.05) is 10.6 Å². The summed E-state index contributed by atoms with van der Waals surface area (Å²) in [5, 5.41) is 8.93. The number of carbonyl (C=O) groups is 1. The van der Waals surface area contributed by atoms with Gasteiger partial charge < -0.3 is 19.0 Å². The fourth-order valence-electron chi connectivity index (χ4n) is 2.19. The molecule has 0 fully saturated rings. The van der Waals surface area contributed by atoms with E-state index in [4.69, 9.17) is 37.4 Å². The summed E-state index contributed by atoms with van der Waals surface area (Å²) in [4.78, 5) is 26.0. The normalized spacial score (nSPS) is 15.9. The summed E-state index contributed by atoms with van der Waals surface area (Å²) in [5.74, 6) is -1.52. The second-order valence-electron chi connectivity index (χ2n) is 5.25. The molecule has 1 aliphatic rings. The number of halogens is 5. The van der Waals surface area contributed by atoms with Gasteiger partial charge in [0.15, 0.2) is 0 Å². The van der Waals surface area contributed by atoms with Gasteiger partial charge in [-0.25, -0.2) is 4.79 Å². The van der Waals surface area contributed by atoms with E-state index < -0.39 is 28.9 Å². The minimum absolute atomic E-state index is 0.0955. The van der Waals surface area contributed by atoms with Crippen molar-refractivity contribution in [3.8, 4) is 5.75 Å². The van der Waals surface area contributed by atoms with Crippen molar-refractivity contribution in [2.45, 2.75) is 12.3 Å². The molecule has 0 aromatic heterocycles. The van der Waals surface area contributed by atoms with Crippen molar-refractivity contribution in [3.05, 3.63) is 43.4 Å². The highest BCUT2D eigenvalue weighted by Crippen LogP contribution is 2.42. The van der Waals surface area contributed by atoms with Crippen molar-refractivity contribution in [2.24, 2.45) is 0 Å². The second kappa shape index (κ2) is 9.30. The molecule has 0 radical (unpaired) electrons. The van der Waals surface area contributed by atoms with E-state index in [1.54, 1.807) is 0 Å². The number of hydrogen-bond donors (Lipinski definition) is 0. The highest BCUT2D eigenvalue weighted by atomic mass is 35.5. The molecular formula is C15H12Cl2F3NO7. The number of alkyl halides is 3. The molecule has 154 valence electrons. The van der Waals surface area contributed by atoms with Gasteiger partial charge in [0.2, 0.25) is 6.10 Å². The maximum absolute atomic E-state index is 13.3. The van der Waals surface area contributed by atoms with Crippen molar-refractivity contribution < 1.29 is 42.1 Å². The minimum atomic E-state index is -4.90. The van der Waals surface area contributed by atoms with Gasteiger partial charge in [-0.15, -0.1) is 10.1 Å². The molecule has 13 heteroatoms. The quantitative estimate of drug-likeness (QED) is 0.261. The predicted octanol–water partition coefficient (Wildman–Crippen LogP) is 3.47. The molecule has 0 aliphatic carbocycles. The molecule has 1 aliphatic heterocycles. The van der Waals surface area contributed by atoms with Crippen LogP contribution in [0.1, 0.15) is 5.56 Å². The first kappa shape index (κ1) is 22.1. The number of esters is 1. The zero-order chi connectivity index (χ0) is 20.9. The highest BCUT2D eigenvalue weighted by molar-refractivity contribution is 6.36. The van der Waals surface area contributed by atoms with E-state index >= 15 is 0 Å². The SMILES string of the molecule is O=C(OCCOCCO[N+](=O)[O-])C1=Cc2cc(Cl)cc(Cl)c2OC1C(F)(F)F. The van der Waals surface area contributed by atoms with Crippen LogP contribution in [0.15, 0.2) is 17.7 Å². The average Bonchev–Trinajstić information content (AvgIpc) is 2.58. The molecule has 1 atom stereocenters. The van der Waals surface area contributed by atoms with E-state index in [1.807, 2.05) is 0 Å². The Balaban J connectivity index is 2.04. The monoisotopic (exact) mass is 445 g/mol. The van der Waals surface area contributed by atoms with Gasteiger partial charge in [-0.1, -0.05) is 23.2 Å². The molecule has 1 heterocycles. The first-order chi connectivity index (χ1) is 13.1. The number of nitrogens with zero attached hydrogens (tertiary/aromatic N) is 1. The lowest BCUT2D eigenvalue weighted by Crippen LogP contribution is -2.41. The maximum atomic E-state index is 13.3. The van der Waals surface area contributed by atoms with Crippen LogP contribution in [-0.4, -0.2) is 49.8 Å². The van der Waals surface area contributed by atoms with E-state index in [2.05, 4.69) is 4.84 Å². The second-order valence-corrected chi connectivity index (χ2v) is 6.09. The van der Waals surface area contributed by atoms with E-state index in [0.717, 1.165) is 6.08 Å². The van der Waals surface area contributed by atoms with Crippen LogP contribution in [0.5, 0.6) is 5.75 Å². The molecule has 1 aromatic rings. The topological polar surface area (TPSA) is 97.1 Å². The Bertz CT molecular complexity index is 786. The number of carbonyl (C=O) groups excluding carboxylic acids is 1. The van der Waals surface area contributed by atoms with Crippen LogP contribution in [0.3, 0.4) is 0 Å². The highest BCUT2D eigenvalue weighted by Gasteiger charge is 2.49. The number of rotatable bonds is 8. The Morgan fingerprint density at radius 3 is 2.54 bits per heavy atom. The first-order valence-electron chi connectivity index (χ1n) is 7.55. The minimum Gasteiger partial charge on any atom is -0.474 e. The molecule has 0 N–H and O–H groups in total. The molecule has 0 amide bonds. The van der Waals surface area contributed by atoms with Crippen LogP contribution in [0.4, 0.5) is 13.2 Å². The summed E-state index contributed by atoms with van der Waals surface area (Å²) in [6.07, 6.45) is -6.52. The van der Waals surface area contributed by atoms with Gasteiger partial charge in [0.1, 0.15) is 19.0 Å². The zero-order valence-corrected chi connectivity index (χ0v) is 15.3. The van der Waals surface area contributed by atoms with Gasteiger partial charge in [0.25, 0.3) is 5.09 Å². The molecule has 0 bridgehead atoms. The Morgan fingerprint density at radius 1 is 1.21 bits per heavy atom. The summed E-state index contributed by atoms with van der Waals surface area (Å²) in [6.45, 7) is -1.09. The number of ether oxygens (including phenoxy) is 3. The molecule has 0 saturated heterocycles. The summed E-state index contributed by atoms with van der Waals surface area (Å²) >= 11 is 11.7. The molecule has 1 aromatic carbocycles. The van der Waals surface area contributed by atoms with Crippen LogP contribution in [0, 0.1) is 10.1 Å². The lowest BCUT2D eigenvalue weighted by molar-refractivity contribution is -0.758. The van der Waals surface area contributed by atoms with Crippen molar-refractivity contribution >= 4 is 35.2 Å². The van der Waals surface area contributed by atoms with Crippen LogP contribution in [-0.2, 0) is 19.1 Å². The predicted molar refractivity (Wildman–Crippen MR) is 89.6 cm³/mol. The fraction of sp³-hybridized carbons (Fsp3) is 0.400.